The van der Waals surface area contributed by atoms with E-state index in [0.717, 1.165) is 44.9 Å². The Morgan fingerprint density at radius 1 is 1.08 bits per heavy atom. The second-order valence-corrected chi connectivity index (χ2v) is 12.5. The van der Waals surface area contributed by atoms with E-state index < -0.39 is 20.5 Å². The third kappa shape index (κ3) is 5.13. The van der Waals surface area contributed by atoms with Crippen molar-refractivity contribution in [3.05, 3.63) is 48.3 Å². The Hall–Kier alpha value is -2.86. The predicted molar refractivity (Wildman–Crippen MR) is 132 cm³/mol. The summed E-state index contributed by atoms with van der Waals surface area (Å²) in [4.78, 5) is 26.3. The number of likely N-dealkylation sites (tertiary alicyclic amines) is 1. The monoisotopic (exact) mass is 535 g/mol. The molecule has 1 saturated carbocycles. The number of hydrogen-bond donors (Lipinski definition) is 0. The highest BCUT2D eigenvalue weighted by Gasteiger charge is 2.54. The number of carbonyl (C=O) groups is 1. The lowest BCUT2D eigenvalue weighted by molar-refractivity contribution is -0.137. The van der Waals surface area contributed by atoms with E-state index in [4.69, 9.17) is 4.74 Å². The van der Waals surface area contributed by atoms with Gasteiger partial charge in [0.25, 0.3) is 0 Å². The summed E-state index contributed by atoms with van der Waals surface area (Å²) < 4.78 is 54.6. The van der Waals surface area contributed by atoms with Gasteiger partial charge in [0.2, 0.25) is 15.8 Å². The van der Waals surface area contributed by atoms with Crippen LogP contribution in [0.25, 0.3) is 0 Å². The first-order valence-corrected chi connectivity index (χ1v) is 14.0. The molecule has 2 aliphatic heterocycles. The first-order valence-electron chi connectivity index (χ1n) is 12.4. The highest BCUT2D eigenvalue weighted by atomic mass is 32.2. The predicted octanol–water partition coefficient (Wildman–Crippen LogP) is 3.17. The topological polar surface area (TPSA) is 95.9 Å². The van der Waals surface area contributed by atoms with Crippen LogP contribution >= 0.6 is 0 Å². The minimum absolute atomic E-state index is 0.0698. The van der Waals surface area contributed by atoms with Crippen LogP contribution in [0.5, 0.6) is 0 Å². The zero-order valence-electron chi connectivity index (χ0n) is 20.8. The first-order chi connectivity index (χ1) is 17.6. The van der Waals surface area contributed by atoms with Crippen LogP contribution in [0, 0.1) is 5.41 Å². The Kier molecular flexibility index (Phi) is 6.82. The standard InChI is InChI=1S/C25H31F2N5O4S/c1-17-13-32(18(2)12-31(17)23-28-10-21(11-29-23)37(34,35)22(26)27)24(33)36-20-8-25(9-20)15-30(16-25)14-19-6-4-3-5-7-19/h3-7,10-11,17-18,20,22H,8-9,12-16H2,1-2H3/t17-,18+/m0/s1. The molecule has 1 amide bonds. The molecule has 37 heavy (non-hydrogen) atoms. The summed E-state index contributed by atoms with van der Waals surface area (Å²) in [5.74, 6) is -3.30. The Labute approximate surface area is 215 Å². The molecule has 1 spiro atoms. The highest BCUT2D eigenvalue weighted by Crippen LogP contribution is 2.50. The molecule has 3 fully saturated rings. The third-order valence-electron chi connectivity index (χ3n) is 7.61. The summed E-state index contributed by atoms with van der Waals surface area (Å²) in [6, 6.07) is 10.0. The minimum Gasteiger partial charge on any atom is -0.446 e. The number of alkyl halides is 2. The Morgan fingerprint density at radius 3 is 2.35 bits per heavy atom. The van der Waals surface area contributed by atoms with Crippen LogP contribution in [0.4, 0.5) is 19.5 Å². The quantitative estimate of drug-likeness (QED) is 0.557. The number of ether oxygens (including phenoxy) is 1. The molecule has 1 aromatic carbocycles. The van der Waals surface area contributed by atoms with E-state index in [0.29, 0.717) is 13.1 Å². The molecule has 1 aromatic heterocycles. The zero-order valence-corrected chi connectivity index (χ0v) is 21.7. The van der Waals surface area contributed by atoms with Crippen molar-refractivity contribution in [1.82, 2.24) is 19.8 Å². The van der Waals surface area contributed by atoms with Gasteiger partial charge in [-0.05, 0) is 32.3 Å². The Balaban J connectivity index is 1.10. The van der Waals surface area contributed by atoms with Gasteiger partial charge in [0.15, 0.2) is 0 Å². The number of carbonyl (C=O) groups excluding carboxylic acids is 1. The molecule has 9 nitrogen and oxygen atoms in total. The molecular formula is C25H31F2N5O4S. The van der Waals surface area contributed by atoms with E-state index in [1.54, 1.807) is 4.90 Å². The van der Waals surface area contributed by atoms with Gasteiger partial charge in [-0.25, -0.2) is 23.2 Å². The molecular weight excluding hydrogens is 504 g/mol. The average Bonchev–Trinajstić information content (AvgIpc) is 2.83. The summed E-state index contributed by atoms with van der Waals surface area (Å²) in [6.07, 6.45) is 3.16. The van der Waals surface area contributed by atoms with Gasteiger partial charge in [0.1, 0.15) is 11.0 Å². The number of hydrogen-bond acceptors (Lipinski definition) is 8. The largest absolute Gasteiger partial charge is 0.446 e. The van der Waals surface area contributed by atoms with Gasteiger partial charge in [-0.1, -0.05) is 30.3 Å². The lowest BCUT2D eigenvalue weighted by atomic mass is 9.61. The fraction of sp³-hybridized carbons (Fsp3) is 0.560. The smallest absolute Gasteiger partial charge is 0.410 e. The van der Waals surface area contributed by atoms with Crippen molar-refractivity contribution in [3.8, 4) is 0 Å². The fourth-order valence-corrected chi connectivity index (χ4v) is 6.29. The fourth-order valence-electron chi connectivity index (χ4n) is 5.68. The number of rotatable bonds is 6. The van der Waals surface area contributed by atoms with E-state index in [2.05, 4.69) is 39.1 Å². The summed E-state index contributed by atoms with van der Waals surface area (Å²) in [6.45, 7) is 7.57. The highest BCUT2D eigenvalue weighted by molar-refractivity contribution is 7.91. The molecule has 2 aromatic rings. The number of halogens is 2. The maximum absolute atomic E-state index is 12.9. The van der Waals surface area contributed by atoms with Gasteiger partial charge in [-0.15, -0.1) is 0 Å². The Morgan fingerprint density at radius 2 is 1.73 bits per heavy atom. The van der Waals surface area contributed by atoms with Gasteiger partial charge in [-0.3, -0.25) is 4.90 Å². The van der Waals surface area contributed by atoms with E-state index in [1.807, 2.05) is 24.8 Å². The molecule has 2 saturated heterocycles. The van der Waals surface area contributed by atoms with Gasteiger partial charge in [0.05, 0.1) is 12.4 Å². The van der Waals surface area contributed by atoms with Gasteiger partial charge >= 0.3 is 11.9 Å². The van der Waals surface area contributed by atoms with E-state index in [-0.39, 0.29) is 35.6 Å². The number of anilines is 1. The summed E-state index contributed by atoms with van der Waals surface area (Å²) in [7, 11) is -4.75. The van der Waals surface area contributed by atoms with E-state index >= 15 is 0 Å². The molecule has 2 atom stereocenters. The minimum atomic E-state index is -4.75. The van der Waals surface area contributed by atoms with Crippen LogP contribution < -0.4 is 4.90 Å². The number of amides is 1. The van der Waals surface area contributed by atoms with Crippen molar-refractivity contribution >= 4 is 21.9 Å². The van der Waals surface area contributed by atoms with Gasteiger partial charge < -0.3 is 14.5 Å². The molecule has 0 N–H and O–H groups in total. The number of benzene rings is 1. The van der Waals surface area contributed by atoms with E-state index in [1.165, 1.54) is 5.56 Å². The van der Waals surface area contributed by atoms with Crippen molar-refractivity contribution in [1.29, 1.82) is 0 Å². The third-order valence-corrected chi connectivity index (χ3v) is 8.95. The summed E-state index contributed by atoms with van der Waals surface area (Å²) in [5, 5.41) is 0. The molecule has 0 radical (unpaired) electrons. The number of aromatic nitrogens is 2. The van der Waals surface area contributed by atoms with Crippen molar-refractivity contribution in [2.45, 2.75) is 62.1 Å². The van der Waals surface area contributed by atoms with Crippen LogP contribution in [-0.2, 0) is 21.1 Å². The summed E-state index contributed by atoms with van der Waals surface area (Å²) >= 11 is 0. The van der Waals surface area contributed by atoms with Gasteiger partial charge in [0, 0.05) is 50.2 Å². The van der Waals surface area contributed by atoms with Crippen LogP contribution in [-0.4, -0.2) is 84.4 Å². The molecule has 3 heterocycles. The second kappa shape index (κ2) is 9.79. The first kappa shape index (κ1) is 25.8. The van der Waals surface area contributed by atoms with Crippen LogP contribution in [0.15, 0.2) is 47.6 Å². The average molecular weight is 536 g/mol. The van der Waals surface area contributed by atoms with Crippen LogP contribution in [0.1, 0.15) is 32.3 Å². The lowest BCUT2D eigenvalue weighted by Gasteiger charge is -2.58. The van der Waals surface area contributed by atoms with Gasteiger partial charge in [-0.2, -0.15) is 8.78 Å². The molecule has 12 heteroatoms. The van der Waals surface area contributed by atoms with Crippen molar-refractivity contribution in [3.63, 3.8) is 0 Å². The zero-order chi connectivity index (χ0) is 26.4. The Bertz CT molecular complexity index is 1220. The second-order valence-electron chi connectivity index (χ2n) is 10.6. The normalized spacial score (nSPS) is 24.1. The maximum Gasteiger partial charge on any atom is 0.410 e. The SMILES string of the molecule is C[C@@H]1CN(c2ncc(S(=O)(=O)C(F)F)cn2)[C@@H](C)CN1C(=O)OC1CC2(C1)CN(Cc1ccccc1)C2. The summed E-state index contributed by atoms with van der Waals surface area (Å²) in [5.41, 5.74) is 1.57. The molecule has 0 bridgehead atoms. The van der Waals surface area contributed by atoms with Crippen molar-refractivity contribution in [2.24, 2.45) is 5.41 Å². The molecule has 1 aliphatic carbocycles. The van der Waals surface area contributed by atoms with E-state index in [9.17, 15) is 22.0 Å². The molecule has 0 unspecified atom stereocenters. The number of sulfone groups is 1. The number of piperazine rings is 1. The maximum atomic E-state index is 12.9. The van der Waals surface area contributed by atoms with Crippen LogP contribution in [0.3, 0.4) is 0 Å². The van der Waals surface area contributed by atoms with Crippen molar-refractivity contribution in [2.75, 3.05) is 31.1 Å². The van der Waals surface area contributed by atoms with Crippen LogP contribution in [0.2, 0.25) is 0 Å². The lowest BCUT2D eigenvalue weighted by Crippen LogP contribution is -2.64. The molecule has 5 rings (SSSR count). The number of nitrogens with zero attached hydrogens (tertiary/aromatic N) is 5. The molecule has 3 aliphatic rings. The van der Waals surface area contributed by atoms with Crippen molar-refractivity contribution < 1.29 is 26.7 Å². The molecule has 200 valence electrons.